The number of anilines is 1. The predicted octanol–water partition coefficient (Wildman–Crippen LogP) is 5.82. The molecule has 0 bridgehead atoms. The maximum absolute atomic E-state index is 13.0. The molecule has 0 fully saturated rings. The van der Waals surface area contributed by atoms with Crippen molar-refractivity contribution in [3.05, 3.63) is 64.9 Å². The lowest BCUT2D eigenvalue weighted by Gasteiger charge is -2.20. The van der Waals surface area contributed by atoms with Gasteiger partial charge in [-0.1, -0.05) is 43.5 Å². The number of hydrogen-bond acceptors (Lipinski definition) is 1. The van der Waals surface area contributed by atoms with Crippen LogP contribution in [0.1, 0.15) is 37.8 Å². The summed E-state index contributed by atoms with van der Waals surface area (Å²) in [5.41, 5.74) is 2.13. The Kier molecular flexibility index (Phi) is 5.42. The summed E-state index contributed by atoms with van der Waals surface area (Å²) in [6.45, 7) is 2.17. The summed E-state index contributed by atoms with van der Waals surface area (Å²) in [7, 11) is 0. The van der Waals surface area contributed by atoms with E-state index in [-0.39, 0.29) is 11.9 Å². The van der Waals surface area contributed by atoms with Gasteiger partial charge in [-0.05, 0) is 48.4 Å². The van der Waals surface area contributed by atoms with Gasteiger partial charge in [-0.15, -0.1) is 0 Å². The second-order valence-corrected chi connectivity index (χ2v) is 5.33. The molecule has 1 atom stereocenters. The molecular formula is C17H19ClFN. The summed E-state index contributed by atoms with van der Waals surface area (Å²) >= 11 is 5.90. The van der Waals surface area contributed by atoms with Gasteiger partial charge < -0.3 is 5.32 Å². The van der Waals surface area contributed by atoms with Crippen molar-refractivity contribution in [3.8, 4) is 0 Å². The van der Waals surface area contributed by atoms with Crippen molar-refractivity contribution >= 4 is 17.3 Å². The average molecular weight is 292 g/mol. The minimum atomic E-state index is -0.200. The first-order valence-electron chi connectivity index (χ1n) is 6.96. The maximum Gasteiger partial charge on any atom is 0.123 e. The van der Waals surface area contributed by atoms with Crippen LogP contribution in [-0.2, 0) is 0 Å². The molecule has 0 aliphatic rings. The molecule has 106 valence electrons. The van der Waals surface area contributed by atoms with Gasteiger partial charge in [0, 0.05) is 10.7 Å². The van der Waals surface area contributed by atoms with E-state index in [4.69, 9.17) is 11.6 Å². The van der Waals surface area contributed by atoms with Crippen molar-refractivity contribution < 1.29 is 4.39 Å². The van der Waals surface area contributed by atoms with Gasteiger partial charge in [0.1, 0.15) is 5.82 Å². The first-order valence-corrected chi connectivity index (χ1v) is 7.34. The van der Waals surface area contributed by atoms with E-state index in [1.807, 2.05) is 36.4 Å². The summed E-state index contributed by atoms with van der Waals surface area (Å²) in [5.74, 6) is -0.200. The highest BCUT2D eigenvalue weighted by molar-refractivity contribution is 6.30. The second-order valence-electron chi connectivity index (χ2n) is 4.90. The summed E-state index contributed by atoms with van der Waals surface area (Å²) < 4.78 is 13.0. The summed E-state index contributed by atoms with van der Waals surface area (Å²) in [4.78, 5) is 0. The third-order valence-corrected chi connectivity index (χ3v) is 3.56. The fourth-order valence-corrected chi connectivity index (χ4v) is 2.30. The fraction of sp³-hybridized carbons (Fsp3) is 0.294. The van der Waals surface area contributed by atoms with Crippen LogP contribution in [0, 0.1) is 5.82 Å². The summed E-state index contributed by atoms with van der Waals surface area (Å²) in [6, 6.07) is 14.6. The molecule has 2 aromatic carbocycles. The topological polar surface area (TPSA) is 12.0 Å². The number of unbranched alkanes of at least 4 members (excludes halogenated alkanes) is 1. The molecule has 0 aromatic heterocycles. The lowest BCUT2D eigenvalue weighted by Crippen LogP contribution is -2.10. The minimum absolute atomic E-state index is 0.191. The Hall–Kier alpha value is -1.54. The molecule has 20 heavy (non-hydrogen) atoms. The SMILES string of the molecule is CCCCC(Nc1ccc(Cl)cc1)c1ccc(F)cc1. The number of hydrogen-bond donors (Lipinski definition) is 1. The van der Waals surface area contributed by atoms with Crippen LogP contribution >= 0.6 is 11.6 Å². The molecule has 0 amide bonds. The van der Waals surface area contributed by atoms with E-state index in [1.54, 1.807) is 0 Å². The second kappa shape index (κ2) is 7.30. The van der Waals surface area contributed by atoms with Gasteiger partial charge in [0.05, 0.1) is 6.04 Å². The van der Waals surface area contributed by atoms with Gasteiger partial charge in [-0.3, -0.25) is 0 Å². The van der Waals surface area contributed by atoms with Gasteiger partial charge in [0.15, 0.2) is 0 Å². The van der Waals surface area contributed by atoms with E-state index in [0.717, 1.165) is 35.5 Å². The van der Waals surface area contributed by atoms with Gasteiger partial charge in [0.25, 0.3) is 0 Å². The first kappa shape index (κ1) is 14.9. The van der Waals surface area contributed by atoms with E-state index >= 15 is 0 Å². The molecule has 2 rings (SSSR count). The van der Waals surface area contributed by atoms with Crippen molar-refractivity contribution in [2.45, 2.75) is 32.2 Å². The molecule has 1 nitrogen and oxygen atoms in total. The van der Waals surface area contributed by atoms with E-state index < -0.39 is 0 Å². The monoisotopic (exact) mass is 291 g/mol. The Bertz CT molecular complexity index is 522. The van der Waals surface area contributed by atoms with Gasteiger partial charge in [-0.2, -0.15) is 0 Å². The van der Waals surface area contributed by atoms with Gasteiger partial charge in [-0.25, -0.2) is 4.39 Å². The minimum Gasteiger partial charge on any atom is -0.378 e. The maximum atomic E-state index is 13.0. The molecule has 1 N–H and O–H groups in total. The molecule has 0 spiro atoms. The largest absolute Gasteiger partial charge is 0.378 e. The highest BCUT2D eigenvalue weighted by atomic mass is 35.5. The van der Waals surface area contributed by atoms with Crippen molar-refractivity contribution in [1.82, 2.24) is 0 Å². The van der Waals surface area contributed by atoms with Crippen LogP contribution in [0.3, 0.4) is 0 Å². The van der Waals surface area contributed by atoms with E-state index in [2.05, 4.69) is 12.2 Å². The number of benzene rings is 2. The van der Waals surface area contributed by atoms with Crippen LogP contribution in [0.2, 0.25) is 5.02 Å². The molecule has 0 heterocycles. The standard InChI is InChI=1S/C17H19ClFN/c1-2-3-4-17(13-5-9-15(19)10-6-13)20-16-11-7-14(18)8-12-16/h5-12,17,20H,2-4H2,1H3. The van der Waals surface area contributed by atoms with Crippen LogP contribution in [0.25, 0.3) is 0 Å². The summed E-state index contributed by atoms with van der Waals surface area (Å²) in [5, 5.41) is 4.22. The Morgan fingerprint density at radius 3 is 2.30 bits per heavy atom. The Labute approximate surface area is 124 Å². The smallest absolute Gasteiger partial charge is 0.123 e. The molecule has 2 aromatic rings. The predicted molar refractivity (Wildman–Crippen MR) is 83.7 cm³/mol. The zero-order chi connectivity index (χ0) is 14.4. The van der Waals surface area contributed by atoms with Crippen LogP contribution in [-0.4, -0.2) is 0 Å². The molecule has 0 saturated heterocycles. The van der Waals surface area contributed by atoms with E-state index in [1.165, 1.54) is 12.1 Å². The number of nitrogens with one attached hydrogen (secondary N) is 1. The molecule has 3 heteroatoms. The molecule has 0 radical (unpaired) electrons. The molecular weight excluding hydrogens is 273 g/mol. The van der Waals surface area contributed by atoms with Crippen molar-refractivity contribution in [3.63, 3.8) is 0 Å². The Morgan fingerprint density at radius 2 is 1.70 bits per heavy atom. The first-order chi connectivity index (χ1) is 9.69. The third kappa shape index (κ3) is 4.24. The Morgan fingerprint density at radius 1 is 1.05 bits per heavy atom. The lowest BCUT2D eigenvalue weighted by molar-refractivity contribution is 0.616. The molecule has 1 unspecified atom stereocenters. The number of rotatable bonds is 6. The zero-order valence-corrected chi connectivity index (χ0v) is 12.3. The lowest BCUT2D eigenvalue weighted by atomic mass is 10.0. The molecule has 0 saturated carbocycles. The van der Waals surface area contributed by atoms with Gasteiger partial charge >= 0.3 is 0 Å². The highest BCUT2D eigenvalue weighted by Crippen LogP contribution is 2.25. The molecule has 0 aliphatic heterocycles. The van der Waals surface area contributed by atoms with Gasteiger partial charge in [0.2, 0.25) is 0 Å². The van der Waals surface area contributed by atoms with Crippen molar-refractivity contribution in [2.24, 2.45) is 0 Å². The molecule has 0 aliphatic carbocycles. The van der Waals surface area contributed by atoms with Crippen molar-refractivity contribution in [1.29, 1.82) is 0 Å². The summed E-state index contributed by atoms with van der Waals surface area (Å²) in [6.07, 6.45) is 3.29. The van der Waals surface area contributed by atoms with E-state index in [0.29, 0.717) is 0 Å². The van der Waals surface area contributed by atoms with Crippen LogP contribution < -0.4 is 5.32 Å². The van der Waals surface area contributed by atoms with Crippen LogP contribution in [0.5, 0.6) is 0 Å². The average Bonchev–Trinajstić information content (AvgIpc) is 2.46. The van der Waals surface area contributed by atoms with Crippen LogP contribution in [0.15, 0.2) is 48.5 Å². The Balaban J connectivity index is 2.14. The quantitative estimate of drug-likeness (QED) is 0.707. The van der Waals surface area contributed by atoms with Crippen LogP contribution in [0.4, 0.5) is 10.1 Å². The fourth-order valence-electron chi connectivity index (χ4n) is 2.17. The van der Waals surface area contributed by atoms with E-state index in [9.17, 15) is 4.39 Å². The number of halogens is 2. The normalized spacial score (nSPS) is 12.2. The zero-order valence-electron chi connectivity index (χ0n) is 11.6. The van der Waals surface area contributed by atoms with Crippen molar-refractivity contribution in [2.75, 3.05) is 5.32 Å². The third-order valence-electron chi connectivity index (χ3n) is 3.30. The highest BCUT2D eigenvalue weighted by Gasteiger charge is 2.11.